The van der Waals surface area contributed by atoms with Crippen LogP contribution < -0.4 is 5.32 Å². The van der Waals surface area contributed by atoms with Crippen LogP contribution in [0, 0.1) is 18.6 Å². The second-order valence-corrected chi connectivity index (χ2v) is 5.62. The fourth-order valence-electron chi connectivity index (χ4n) is 2.47. The Morgan fingerprint density at radius 3 is 2.52 bits per heavy atom. The molecule has 27 heavy (non-hydrogen) atoms. The number of hydrogen-bond acceptors (Lipinski definition) is 3. The molecule has 3 rings (SSSR count). The van der Waals surface area contributed by atoms with E-state index in [1.807, 2.05) is 0 Å². The first-order chi connectivity index (χ1) is 12.7. The molecule has 3 aromatic rings. The largest absolute Gasteiger partial charge is 0.416 e. The van der Waals surface area contributed by atoms with Crippen LogP contribution in [0.5, 0.6) is 0 Å². The third-order valence-electron chi connectivity index (χ3n) is 3.72. The van der Waals surface area contributed by atoms with E-state index in [4.69, 9.17) is 4.52 Å². The van der Waals surface area contributed by atoms with Crippen LogP contribution in [-0.4, -0.2) is 11.1 Å². The number of amides is 1. The zero-order chi connectivity index (χ0) is 19.8. The van der Waals surface area contributed by atoms with Crippen molar-refractivity contribution >= 4 is 11.6 Å². The fraction of sp³-hybridized carbons (Fsp3) is 0.111. The summed E-state index contributed by atoms with van der Waals surface area (Å²) in [5, 5.41) is 5.92. The van der Waals surface area contributed by atoms with Gasteiger partial charge in [-0.1, -0.05) is 11.2 Å². The molecule has 0 saturated heterocycles. The number of rotatable bonds is 3. The summed E-state index contributed by atoms with van der Waals surface area (Å²) in [6.45, 7) is 1.39. The van der Waals surface area contributed by atoms with E-state index in [-0.39, 0.29) is 28.3 Å². The molecule has 2 aromatic carbocycles. The number of alkyl halides is 3. The minimum absolute atomic E-state index is 0.0261. The van der Waals surface area contributed by atoms with E-state index in [2.05, 4.69) is 10.5 Å². The third-order valence-corrected chi connectivity index (χ3v) is 3.72. The molecule has 4 nitrogen and oxygen atoms in total. The molecule has 140 valence electrons. The Morgan fingerprint density at radius 1 is 1.11 bits per heavy atom. The molecule has 0 unspecified atom stereocenters. The second kappa shape index (κ2) is 6.82. The predicted molar refractivity (Wildman–Crippen MR) is 86.0 cm³/mol. The molecule has 0 aliphatic carbocycles. The summed E-state index contributed by atoms with van der Waals surface area (Å²) in [6, 6.07) is 6.72. The van der Waals surface area contributed by atoms with E-state index in [0.717, 1.165) is 30.3 Å². The van der Waals surface area contributed by atoms with Crippen molar-refractivity contribution in [1.29, 1.82) is 0 Å². The molecule has 0 spiro atoms. The van der Waals surface area contributed by atoms with Crippen LogP contribution in [-0.2, 0) is 6.18 Å². The smallest absolute Gasteiger partial charge is 0.360 e. The number of aromatic nitrogens is 1. The van der Waals surface area contributed by atoms with Crippen molar-refractivity contribution in [3.05, 3.63) is 71.0 Å². The molecule has 9 heteroatoms. The van der Waals surface area contributed by atoms with Gasteiger partial charge in [0.1, 0.15) is 28.7 Å². The molecule has 0 atom stereocenters. The highest BCUT2D eigenvalue weighted by molar-refractivity contribution is 6.08. The quantitative estimate of drug-likeness (QED) is 0.634. The van der Waals surface area contributed by atoms with Crippen molar-refractivity contribution in [2.24, 2.45) is 0 Å². The highest BCUT2D eigenvalue weighted by Crippen LogP contribution is 2.32. The minimum atomic E-state index is -4.57. The van der Waals surface area contributed by atoms with Gasteiger partial charge in [-0.3, -0.25) is 4.79 Å². The number of nitrogens with one attached hydrogen (secondary N) is 1. The Bertz CT molecular complexity index is 1010. The van der Waals surface area contributed by atoms with Gasteiger partial charge < -0.3 is 9.84 Å². The van der Waals surface area contributed by atoms with Gasteiger partial charge in [0.25, 0.3) is 5.91 Å². The monoisotopic (exact) mass is 382 g/mol. The third kappa shape index (κ3) is 3.81. The van der Waals surface area contributed by atoms with Crippen LogP contribution in [0.3, 0.4) is 0 Å². The molecular weight excluding hydrogens is 371 g/mol. The summed E-state index contributed by atoms with van der Waals surface area (Å²) < 4.78 is 70.4. The Morgan fingerprint density at radius 2 is 1.85 bits per heavy atom. The average Bonchev–Trinajstić information content (AvgIpc) is 2.96. The maximum Gasteiger partial charge on any atom is 0.416 e. The van der Waals surface area contributed by atoms with Crippen molar-refractivity contribution in [2.45, 2.75) is 13.1 Å². The van der Waals surface area contributed by atoms with Crippen LogP contribution in [0.1, 0.15) is 21.7 Å². The van der Waals surface area contributed by atoms with Crippen molar-refractivity contribution in [3.63, 3.8) is 0 Å². The van der Waals surface area contributed by atoms with E-state index >= 15 is 0 Å². The Kier molecular flexibility index (Phi) is 4.69. The van der Waals surface area contributed by atoms with E-state index in [1.165, 1.54) is 13.0 Å². The zero-order valence-corrected chi connectivity index (χ0v) is 13.7. The Balaban J connectivity index is 1.96. The van der Waals surface area contributed by atoms with Gasteiger partial charge in [0.15, 0.2) is 0 Å². The van der Waals surface area contributed by atoms with Crippen LogP contribution >= 0.6 is 0 Å². The van der Waals surface area contributed by atoms with E-state index in [1.54, 1.807) is 0 Å². The molecule has 0 radical (unpaired) electrons. The first kappa shape index (κ1) is 18.6. The molecule has 0 fully saturated rings. The molecule has 1 aromatic heterocycles. The lowest BCUT2D eigenvalue weighted by Crippen LogP contribution is -2.14. The van der Waals surface area contributed by atoms with E-state index in [9.17, 15) is 26.7 Å². The van der Waals surface area contributed by atoms with Gasteiger partial charge in [0.2, 0.25) is 0 Å². The van der Waals surface area contributed by atoms with Crippen molar-refractivity contribution < 1.29 is 31.3 Å². The van der Waals surface area contributed by atoms with Crippen LogP contribution in [0.2, 0.25) is 0 Å². The van der Waals surface area contributed by atoms with Crippen LogP contribution in [0.25, 0.3) is 11.3 Å². The van der Waals surface area contributed by atoms with Crippen LogP contribution in [0.15, 0.2) is 47.0 Å². The number of halogens is 5. The maximum atomic E-state index is 14.0. The van der Waals surface area contributed by atoms with Crippen LogP contribution in [0.4, 0.5) is 27.6 Å². The minimum Gasteiger partial charge on any atom is -0.360 e. The summed E-state index contributed by atoms with van der Waals surface area (Å²) in [7, 11) is 0. The predicted octanol–water partition coefficient (Wildman–Crippen LogP) is 5.20. The number of benzene rings is 2. The molecule has 1 N–H and O–H groups in total. The molecular formula is C18H11F5N2O2. The normalized spacial score (nSPS) is 11.5. The molecule has 1 heterocycles. The lowest BCUT2D eigenvalue weighted by molar-refractivity contribution is -0.137. The van der Waals surface area contributed by atoms with Crippen molar-refractivity contribution in [3.8, 4) is 11.3 Å². The van der Waals surface area contributed by atoms with Crippen molar-refractivity contribution in [2.75, 3.05) is 5.32 Å². The molecule has 1 amide bonds. The second-order valence-electron chi connectivity index (χ2n) is 5.62. The van der Waals surface area contributed by atoms with Gasteiger partial charge in [0.05, 0.1) is 5.56 Å². The van der Waals surface area contributed by atoms with E-state index < -0.39 is 29.3 Å². The molecule has 0 saturated carbocycles. The average molecular weight is 382 g/mol. The fourth-order valence-corrected chi connectivity index (χ4v) is 2.47. The highest BCUT2D eigenvalue weighted by atomic mass is 19.4. The number of anilines is 1. The lowest BCUT2D eigenvalue weighted by Gasteiger charge is -2.10. The Labute approximate surface area is 149 Å². The van der Waals surface area contributed by atoms with Crippen molar-refractivity contribution in [1.82, 2.24) is 5.16 Å². The number of carbonyl (C=O) groups excluding carboxylic acids is 1. The number of aryl methyl sites for hydroxylation is 1. The highest BCUT2D eigenvalue weighted by Gasteiger charge is 2.31. The zero-order valence-electron chi connectivity index (χ0n) is 13.7. The lowest BCUT2D eigenvalue weighted by atomic mass is 10.0. The number of carbonyl (C=O) groups is 1. The van der Waals surface area contributed by atoms with E-state index in [0.29, 0.717) is 6.07 Å². The maximum absolute atomic E-state index is 14.0. The molecule has 0 aliphatic rings. The topological polar surface area (TPSA) is 55.1 Å². The van der Waals surface area contributed by atoms with Gasteiger partial charge in [-0.2, -0.15) is 13.2 Å². The molecule has 0 aliphatic heterocycles. The summed E-state index contributed by atoms with van der Waals surface area (Å²) in [5.74, 6) is -2.59. The first-order valence-electron chi connectivity index (χ1n) is 7.57. The van der Waals surface area contributed by atoms with Gasteiger partial charge in [-0.25, -0.2) is 8.78 Å². The summed E-state index contributed by atoms with van der Waals surface area (Å²) in [6.07, 6.45) is -4.57. The summed E-state index contributed by atoms with van der Waals surface area (Å²) in [4.78, 5) is 12.5. The van der Waals surface area contributed by atoms with Gasteiger partial charge >= 0.3 is 6.18 Å². The Hall–Kier alpha value is -3.23. The molecule has 0 bridgehead atoms. The van der Waals surface area contributed by atoms with Gasteiger partial charge in [-0.15, -0.1) is 0 Å². The standard InChI is InChI=1S/C18H11F5N2O2/c1-9-15(16(25-27-9)13-6-5-11(19)8-14(13)20)17(26)24-12-4-2-3-10(7-12)18(21,22)23/h2-8H,1H3,(H,24,26). The summed E-state index contributed by atoms with van der Waals surface area (Å²) >= 11 is 0. The van der Waals surface area contributed by atoms with Gasteiger partial charge in [0, 0.05) is 17.3 Å². The number of nitrogens with zero attached hydrogens (tertiary/aromatic N) is 1. The number of hydrogen-bond donors (Lipinski definition) is 1. The summed E-state index contributed by atoms with van der Waals surface area (Å²) in [5.41, 5.74) is -1.58. The first-order valence-corrected chi connectivity index (χ1v) is 7.57. The van der Waals surface area contributed by atoms with Gasteiger partial charge in [-0.05, 0) is 37.3 Å². The SMILES string of the molecule is Cc1onc(-c2ccc(F)cc2F)c1C(=O)Nc1cccc(C(F)(F)F)c1.